The number of alkyl halides is 1. The van der Waals surface area contributed by atoms with E-state index >= 15 is 0 Å². The van der Waals surface area contributed by atoms with Crippen LogP contribution in [0.3, 0.4) is 0 Å². The van der Waals surface area contributed by atoms with Gasteiger partial charge in [-0.2, -0.15) is 0 Å². The van der Waals surface area contributed by atoms with Crippen LogP contribution in [0.2, 0.25) is 10.0 Å². The SMILES string of the molecule is CC(C)N1CCC(NC(=O)c2nc3c(C(=O)O)cccc3n2Cc2cc3cc(Cl)ccc3s2)CC1.Clc1ccc2sc(CBr)cc2c1. The monoisotopic (exact) mass is 770 g/mol. The molecule has 1 fully saturated rings. The van der Waals surface area contributed by atoms with Gasteiger partial charge in [0.25, 0.3) is 5.91 Å². The number of halogens is 3. The fourth-order valence-corrected chi connectivity index (χ4v) is 8.70. The molecule has 2 N–H and O–H groups in total. The molecule has 0 aliphatic carbocycles. The third-order valence-electron chi connectivity index (χ3n) is 8.31. The molecule has 3 aromatic heterocycles. The van der Waals surface area contributed by atoms with Crippen molar-refractivity contribution < 1.29 is 14.7 Å². The zero-order valence-corrected chi connectivity index (χ0v) is 30.5. The van der Waals surface area contributed by atoms with Gasteiger partial charge in [-0.3, -0.25) is 4.79 Å². The topological polar surface area (TPSA) is 87.5 Å². The van der Waals surface area contributed by atoms with E-state index in [-0.39, 0.29) is 23.3 Å². The molecular formula is C35H33BrCl2N4O3S2. The Morgan fingerprint density at radius 2 is 1.57 bits per heavy atom. The quantitative estimate of drug-likeness (QED) is 0.158. The number of piperidine rings is 1. The first-order valence-corrected chi connectivity index (χ1v) is 18.8. The number of carbonyl (C=O) groups excluding carboxylic acids is 1. The lowest BCUT2D eigenvalue weighted by molar-refractivity contribution is 0.0698. The Balaban J connectivity index is 0.000000269. The zero-order valence-electron chi connectivity index (χ0n) is 25.8. The number of imidazole rings is 1. The highest BCUT2D eigenvalue weighted by molar-refractivity contribution is 9.08. The first-order chi connectivity index (χ1) is 22.6. The Morgan fingerprint density at radius 1 is 0.957 bits per heavy atom. The highest BCUT2D eigenvalue weighted by Crippen LogP contribution is 2.31. The number of thiophene rings is 2. The molecule has 0 unspecified atom stereocenters. The lowest BCUT2D eigenvalue weighted by Crippen LogP contribution is -2.47. The first kappa shape index (κ1) is 33.9. The molecule has 0 saturated carbocycles. The summed E-state index contributed by atoms with van der Waals surface area (Å²) < 4.78 is 4.23. The van der Waals surface area contributed by atoms with E-state index in [4.69, 9.17) is 23.2 Å². The van der Waals surface area contributed by atoms with Crippen molar-refractivity contribution >= 4 is 105 Å². The van der Waals surface area contributed by atoms with Gasteiger partial charge < -0.3 is 19.9 Å². The molecule has 1 amide bonds. The summed E-state index contributed by atoms with van der Waals surface area (Å²) in [6.07, 6.45) is 1.75. The molecule has 6 aromatic rings. The van der Waals surface area contributed by atoms with Gasteiger partial charge in [0.05, 0.1) is 17.6 Å². The maximum absolute atomic E-state index is 13.4. The standard InChI is InChI=1S/C26H27ClN4O3S.C9H6BrClS/c1-15(2)30-10-8-18(9-11-30)28-25(32)24-29-23-20(26(33)34)4-3-5-21(23)31(24)14-19-13-16-12-17(27)6-7-22(16)35-19;10-5-8-4-6-3-7(11)1-2-9(6)12-8/h3-7,12-13,15,18H,8-11,14H2,1-2H3,(H,28,32)(H,33,34);1-4H,5H2. The largest absolute Gasteiger partial charge is 0.478 e. The number of para-hydroxylation sites is 1. The van der Waals surface area contributed by atoms with Crippen LogP contribution in [0.4, 0.5) is 0 Å². The number of nitrogens with zero attached hydrogens (tertiary/aromatic N) is 3. The van der Waals surface area contributed by atoms with E-state index in [2.05, 4.69) is 63.2 Å². The van der Waals surface area contributed by atoms with Crippen LogP contribution in [-0.2, 0) is 11.9 Å². The van der Waals surface area contributed by atoms with Gasteiger partial charge in [-0.25, -0.2) is 9.78 Å². The van der Waals surface area contributed by atoms with Crippen LogP contribution in [-0.4, -0.2) is 56.6 Å². The maximum atomic E-state index is 13.4. The molecule has 1 saturated heterocycles. The number of amides is 1. The summed E-state index contributed by atoms with van der Waals surface area (Å²) in [6.45, 7) is 6.65. The summed E-state index contributed by atoms with van der Waals surface area (Å²) in [5.74, 6) is -1.11. The van der Waals surface area contributed by atoms with E-state index in [1.165, 1.54) is 21.0 Å². The number of carboxylic acids is 1. The molecule has 47 heavy (non-hydrogen) atoms. The number of carboxylic acid groups (broad SMARTS) is 1. The van der Waals surface area contributed by atoms with Gasteiger partial charge in [-0.15, -0.1) is 22.7 Å². The molecule has 0 spiro atoms. The van der Waals surface area contributed by atoms with Gasteiger partial charge >= 0.3 is 5.97 Å². The summed E-state index contributed by atoms with van der Waals surface area (Å²) >= 11 is 18.9. The lowest BCUT2D eigenvalue weighted by Gasteiger charge is -2.34. The van der Waals surface area contributed by atoms with Crippen LogP contribution < -0.4 is 5.32 Å². The molecule has 12 heteroatoms. The highest BCUT2D eigenvalue weighted by Gasteiger charge is 2.26. The molecule has 7 rings (SSSR count). The van der Waals surface area contributed by atoms with Crippen LogP contribution in [0.15, 0.2) is 66.7 Å². The maximum Gasteiger partial charge on any atom is 0.337 e. The Bertz CT molecular complexity index is 2080. The minimum absolute atomic E-state index is 0.0659. The molecule has 3 aromatic carbocycles. The number of rotatable bonds is 7. The Kier molecular flexibility index (Phi) is 10.6. The minimum atomic E-state index is -1.07. The number of hydrogen-bond donors (Lipinski definition) is 2. The van der Waals surface area contributed by atoms with Crippen molar-refractivity contribution in [3.8, 4) is 0 Å². The first-order valence-electron chi connectivity index (χ1n) is 15.3. The molecule has 0 bridgehead atoms. The number of aromatic carboxylic acids is 1. The molecule has 4 heterocycles. The fraction of sp³-hybridized carbons (Fsp3) is 0.286. The Morgan fingerprint density at radius 3 is 2.17 bits per heavy atom. The van der Waals surface area contributed by atoms with Crippen LogP contribution in [0.25, 0.3) is 31.2 Å². The van der Waals surface area contributed by atoms with Crippen LogP contribution in [0.1, 0.15) is 57.4 Å². The van der Waals surface area contributed by atoms with Crippen LogP contribution in [0.5, 0.6) is 0 Å². The number of hydrogen-bond acceptors (Lipinski definition) is 6. The van der Waals surface area contributed by atoms with Crippen molar-refractivity contribution in [2.24, 2.45) is 0 Å². The smallest absolute Gasteiger partial charge is 0.337 e. The number of benzene rings is 3. The number of fused-ring (bicyclic) bond motifs is 3. The van der Waals surface area contributed by atoms with Gasteiger partial charge in [0.15, 0.2) is 5.82 Å². The van der Waals surface area contributed by atoms with Crippen molar-refractivity contribution in [3.05, 3.63) is 97.9 Å². The van der Waals surface area contributed by atoms with Crippen molar-refractivity contribution in [1.29, 1.82) is 0 Å². The van der Waals surface area contributed by atoms with E-state index in [1.807, 2.05) is 41.0 Å². The van der Waals surface area contributed by atoms with Crippen molar-refractivity contribution in [2.75, 3.05) is 13.1 Å². The Labute approximate surface area is 299 Å². The normalized spacial score (nSPS) is 14.2. The molecule has 0 radical (unpaired) electrons. The van der Waals surface area contributed by atoms with Crippen LogP contribution in [0, 0.1) is 0 Å². The van der Waals surface area contributed by atoms with Crippen molar-refractivity contribution in [3.63, 3.8) is 0 Å². The van der Waals surface area contributed by atoms with Gasteiger partial charge in [-0.05, 0) is 98.1 Å². The zero-order chi connectivity index (χ0) is 33.2. The Hall–Kier alpha value is -2.99. The summed E-state index contributed by atoms with van der Waals surface area (Å²) in [5.41, 5.74) is 1.03. The summed E-state index contributed by atoms with van der Waals surface area (Å²) in [7, 11) is 0. The van der Waals surface area contributed by atoms with Gasteiger partial charge in [0.1, 0.15) is 5.52 Å². The van der Waals surface area contributed by atoms with E-state index in [1.54, 1.807) is 28.7 Å². The second kappa shape index (κ2) is 14.6. The lowest BCUT2D eigenvalue weighted by atomic mass is 10.0. The van der Waals surface area contributed by atoms with Crippen molar-refractivity contribution in [2.45, 2.75) is 50.6 Å². The summed E-state index contributed by atoms with van der Waals surface area (Å²) in [5, 5.41) is 17.5. The van der Waals surface area contributed by atoms with Gasteiger partial charge in [0.2, 0.25) is 0 Å². The number of carbonyl (C=O) groups is 2. The molecule has 1 aliphatic heterocycles. The average Bonchev–Trinajstić information content (AvgIpc) is 3.76. The minimum Gasteiger partial charge on any atom is -0.478 e. The van der Waals surface area contributed by atoms with Gasteiger partial charge in [0, 0.05) is 59.7 Å². The van der Waals surface area contributed by atoms with E-state index in [0.29, 0.717) is 28.6 Å². The summed E-state index contributed by atoms with van der Waals surface area (Å²) in [6, 6.07) is 21.6. The van der Waals surface area contributed by atoms with Gasteiger partial charge in [-0.1, -0.05) is 45.2 Å². The number of nitrogens with one attached hydrogen (secondary N) is 1. The molecule has 0 atom stereocenters. The van der Waals surface area contributed by atoms with Crippen molar-refractivity contribution in [1.82, 2.24) is 19.8 Å². The second-order valence-corrected chi connectivity index (χ2v) is 15.6. The van der Waals surface area contributed by atoms with Crippen LogP contribution >= 0.6 is 61.8 Å². The average molecular weight is 773 g/mol. The molecule has 7 nitrogen and oxygen atoms in total. The van der Waals surface area contributed by atoms with E-state index < -0.39 is 5.97 Å². The molecular weight excluding hydrogens is 739 g/mol. The fourth-order valence-electron chi connectivity index (χ4n) is 5.90. The predicted octanol–water partition coefficient (Wildman–Crippen LogP) is 9.70. The van der Waals surface area contributed by atoms with E-state index in [0.717, 1.165) is 51.2 Å². The summed E-state index contributed by atoms with van der Waals surface area (Å²) in [4.78, 5) is 34.6. The third kappa shape index (κ3) is 7.69. The highest BCUT2D eigenvalue weighted by atomic mass is 79.9. The second-order valence-electron chi connectivity index (χ2n) is 11.8. The third-order valence-corrected chi connectivity index (χ3v) is 12.0. The van der Waals surface area contributed by atoms with E-state index in [9.17, 15) is 14.7 Å². The molecule has 1 aliphatic rings. The predicted molar refractivity (Wildman–Crippen MR) is 199 cm³/mol. The molecule has 244 valence electrons. The number of likely N-dealkylation sites (tertiary alicyclic amines) is 1. The number of aromatic nitrogens is 2.